The van der Waals surface area contributed by atoms with Gasteiger partial charge in [0.25, 0.3) is 0 Å². The van der Waals surface area contributed by atoms with Crippen molar-refractivity contribution in [3.8, 4) is 6.07 Å². The highest BCUT2D eigenvalue weighted by Gasteiger charge is 2.14. The molecule has 0 radical (unpaired) electrons. The predicted molar refractivity (Wildman–Crippen MR) is 62.2 cm³/mol. The van der Waals surface area contributed by atoms with Crippen LogP contribution in [0.1, 0.15) is 24.8 Å². The summed E-state index contributed by atoms with van der Waals surface area (Å²) in [4.78, 5) is 2.27. The van der Waals surface area contributed by atoms with Gasteiger partial charge in [0.05, 0.1) is 22.3 Å². The molecular formula is C12H13ClN2. The van der Waals surface area contributed by atoms with Gasteiger partial charge in [-0.15, -0.1) is 0 Å². The van der Waals surface area contributed by atoms with E-state index < -0.39 is 0 Å². The summed E-state index contributed by atoms with van der Waals surface area (Å²) in [7, 11) is 0. The molecule has 0 spiro atoms. The maximum absolute atomic E-state index is 8.84. The smallest absolute Gasteiger partial charge is 0.0992 e. The van der Waals surface area contributed by atoms with E-state index in [-0.39, 0.29) is 0 Å². The Morgan fingerprint density at radius 1 is 1.20 bits per heavy atom. The monoisotopic (exact) mass is 220 g/mol. The van der Waals surface area contributed by atoms with Crippen LogP contribution in [0.25, 0.3) is 0 Å². The van der Waals surface area contributed by atoms with Crippen molar-refractivity contribution < 1.29 is 0 Å². The van der Waals surface area contributed by atoms with Crippen LogP contribution in [0.15, 0.2) is 18.2 Å². The molecule has 2 rings (SSSR count). The Morgan fingerprint density at radius 2 is 1.93 bits per heavy atom. The fourth-order valence-corrected chi connectivity index (χ4v) is 2.20. The third-order valence-electron chi connectivity index (χ3n) is 2.77. The number of hydrogen-bond acceptors (Lipinski definition) is 2. The number of piperidine rings is 1. The number of halogens is 1. The molecule has 1 aromatic rings. The molecule has 1 aliphatic rings. The largest absolute Gasteiger partial charge is 0.370 e. The third-order valence-corrected chi connectivity index (χ3v) is 3.09. The molecule has 0 amide bonds. The first-order valence-electron chi connectivity index (χ1n) is 5.26. The Kier molecular flexibility index (Phi) is 3.13. The summed E-state index contributed by atoms with van der Waals surface area (Å²) in [5.41, 5.74) is 1.69. The van der Waals surface area contributed by atoms with Gasteiger partial charge in [-0.25, -0.2) is 0 Å². The molecule has 78 valence electrons. The lowest BCUT2D eigenvalue weighted by atomic mass is 10.1. The number of nitriles is 1. The van der Waals surface area contributed by atoms with Gasteiger partial charge in [-0.2, -0.15) is 5.26 Å². The van der Waals surface area contributed by atoms with Gasteiger partial charge in [-0.05, 0) is 37.5 Å². The highest BCUT2D eigenvalue weighted by molar-refractivity contribution is 6.33. The van der Waals surface area contributed by atoms with Crippen molar-refractivity contribution in [3.63, 3.8) is 0 Å². The van der Waals surface area contributed by atoms with E-state index in [0.29, 0.717) is 5.56 Å². The average molecular weight is 221 g/mol. The van der Waals surface area contributed by atoms with E-state index in [4.69, 9.17) is 16.9 Å². The van der Waals surface area contributed by atoms with Crippen molar-refractivity contribution in [2.75, 3.05) is 18.0 Å². The molecular weight excluding hydrogens is 208 g/mol. The van der Waals surface area contributed by atoms with E-state index in [1.54, 1.807) is 6.07 Å². The van der Waals surface area contributed by atoms with E-state index in [9.17, 15) is 0 Å². The molecule has 2 nitrogen and oxygen atoms in total. The second-order valence-corrected chi connectivity index (χ2v) is 4.23. The molecule has 0 N–H and O–H groups in total. The topological polar surface area (TPSA) is 27.0 Å². The number of hydrogen-bond donors (Lipinski definition) is 0. The summed E-state index contributed by atoms with van der Waals surface area (Å²) < 4.78 is 0. The zero-order chi connectivity index (χ0) is 10.7. The van der Waals surface area contributed by atoms with Gasteiger partial charge >= 0.3 is 0 Å². The van der Waals surface area contributed by atoms with Crippen LogP contribution in [0, 0.1) is 11.3 Å². The molecule has 1 aromatic carbocycles. The Hall–Kier alpha value is -1.20. The lowest BCUT2D eigenvalue weighted by molar-refractivity contribution is 0.578. The molecule has 1 heterocycles. The van der Waals surface area contributed by atoms with Crippen LogP contribution < -0.4 is 4.90 Å². The summed E-state index contributed by atoms with van der Waals surface area (Å²) in [6, 6.07) is 7.60. The van der Waals surface area contributed by atoms with Gasteiger partial charge in [-0.1, -0.05) is 11.6 Å². The Bertz CT molecular complexity index is 389. The second-order valence-electron chi connectivity index (χ2n) is 3.83. The molecule has 1 fully saturated rings. The van der Waals surface area contributed by atoms with Crippen molar-refractivity contribution in [1.29, 1.82) is 5.26 Å². The number of nitrogens with zero attached hydrogens (tertiary/aromatic N) is 2. The van der Waals surface area contributed by atoms with Crippen molar-refractivity contribution >= 4 is 17.3 Å². The summed E-state index contributed by atoms with van der Waals surface area (Å²) in [6.07, 6.45) is 3.73. The van der Waals surface area contributed by atoms with E-state index in [1.807, 2.05) is 12.1 Å². The maximum Gasteiger partial charge on any atom is 0.0992 e. The molecule has 0 aromatic heterocycles. The summed E-state index contributed by atoms with van der Waals surface area (Å²) in [6.45, 7) is 2.10. The van der Waals surface area contributed by atoms with Crippen LogP contribution in [0.3, 0.4) is 0 Å². The first kappa shape index (κ1) is 10.3. The molecule has 15 heavy (non-hydrogen) atoms. The molecule has 1 aliphatic heterocycles. The zero-order valence-electron chi connectivity index (χ0n) is 8.54. The van der Waals surface area contributed by atoms with Gasteiger partial charge in [0.2, 0.25) is 0 Å². The van der Waals surface area contributed by atoms with Gasteiger partial charge in [0, 0.05) is 13.1 Å². The van der Waals surface area contributed by atoms with E-state index in [1.165, 1.54) is 19.3 Å². The van der Waals surface area contributed by atoms with Crippen LogP contribution in [-0.2, 0) is 0 Å². The van der Waals surface area contributed by atoms with Crippen molar-refractivity contribution in [2.24, 2.45) is 0 Å². The molecule has 0 aliphatic carbocycles. The highest BCUT2D eigenvalue weighted by Crippen LogP contribution is 2.29. The molecule has 1 saturated heterocycles. The van der Waals surface area contributed by atoms with E-state index in [0.717, 1.165) is 23.8 Å². The lowest BCUT2D eigenvalue weighted by Crippen LogP contribution is -2.29. The third kappa shape index (κ3) is 2.24. The number of anilines is 1. The molecule has 0 bridgehead atoms. The molecule has 0 unspecified atom stereocenters. The van der Waals surface area contributed by atoms with Gasteiger partial charge in [-0.3, -0.25) is 0 Å². The van der Waals surface area contributed by atoms with Crippen molar-refractivity contribution in [2.45, 2.75) is 19.3 Å². The van der Waals surface area contributed by atoms with Crippen molar-refractivity contribution in [3.05, 3.63) is 28.8 Å². The zero-order valence-corrected chi connectivity index (χ0v) is 9.30. The Labute approximate surface area is 95.1 Å². The normalized spacial score (nSPS) is 16.1. The van der Waals surface area contributed by atoms with Gasteiger partial charge < -0.3 is 4.90 Å². The van der Waals surface area contributed by atoms with Gasteiger partial charge in [0.15, 0.2) is 0 Å². The summed E-state index contributed by atoms with van der Waals surface area (Å²) in [5.74, 6) is 0. The molecule has 0 saturated carbocycles. The summed E-state index contributed by atoms with van der Waals surface area (Å²) >= 11 is 6.14. The van der Waals surface area contributed by atoms with Gasteiger partial charge in [0.1, 0.15) is 0 Å². The quantitative estimate of drug-likeness (QED) is 0.727. The minimum Gasteiger partial charge on any atom is -0.370 e. The van der Waals surface area contributed by atoms with Crippen LogP contribution >= 0.6 is 11.6 Å². The Morgan fingerprint density at radius 3 is 2.60 bits per heavy atom. The lowest BCUT2D eigenvalue weighted by Gasteiger charge is -2.29. The van der Waals surface area contributed by atoms with Crippen LogP contribution in [0.5, 0.6) is 0 Å². The minimum atomic E-state index is 0.681. The first-order valence-corrected chi connectivity index (χ1v) is 5.63. The average Bonchev–Trinajstić information content (AvgIpc) is 2.31. The highest BCUT2D eigenvalue weighted by atomic mass is 35.5. The molecule has 3 heteroatoms. The predicted octanol–water partition coefficient (Wildman–Crippen LogP) is 3.20. The Balaban J connectivity index is 2.29. The maximum atomic E-state index is 8.84. The number of rotatable bonds is 1. The summed E-state index contributed by atoms with van der Waals surface area (Å²) in [5, 5.41) is 9.59. The fourth-order valence-electron chi connectivity index (χ4n) is 1.96. The SMILES string of the molecule is N#Cc1ccc(Cl)c(N2CCCCC2)c1. The minimum absolute atomic E-state index is 0.681. The van der Waals surface area contributed by atoms with E-state index in [2.05, 4.69) is 11.0 Å². The van der Waals surface area contributed by atoms with Crippen LogP contribution in [0.2, 0.25) is 5.02 Å². The first-order chi connectivity index (χ1) is 7.31. The van der Waals surface area contributed by atoms with Crippen LogP contribution in [0.4, 0.5) is 5.69 Å². The van der Waals surface area contributed by atoms with E-state index >= 15 is 0 Å². The standard InChI is InChI=1S/C12H13ClN2/c13-11-5-4-10(9-14)8-12(11)15-6-2-1-3-7-15/h4-5,8H,1-3,6-7H2. The fraction of sp³-hybridized carbons (Fsp3) is 0.417. The van der Waals surface area contributed by atoms with Crippen molar-refractivity contribution in [1.82, 2.24) is 0 Å². The molecule has 0 atom stereocenters. The van der Waals surface area contributed by atoms with Crippen LogP contribution in [-0.4, -0.2) is 13.1 Å². The number of benzene rings is 1. The second kappa shape index (κ2) is 4.55.